The molecule has 0 radical (unpaired) electrons. The second-order valence-corrected chi connectivity index (χ2v) is 6.25. The molecule has 0 N–H and O–H groups in total. The van der Waals surface area contributed by atoms with Crippen molar-refractivity contribution in [1.29, 1.82) is 0 Å². The number of fused-ring (bicyclic) bond motifs is 1. The van der Waals surface area contributed by atoms with Crippen molar-refractivity contribution in [1.82, 2.24) is 9.88 Å². The van der Waals surface area contributed by atoms with Crippen LogP contribution in [0.2, 0.25) is 0 Å². The highest BCUT2D eigenvalue weighted by Crippen LogP contribution is 2.19. The van der Waals surface area contributed by atoms with Crippen LogP contribution in [-0.4, -0.2) is 35.0 Å². The Hall–Kier alpha value is -3.15. The van der Waals surface area contributed by atoms with Crippen molar-refractivity contribution in [2.45, 2.75) is 18.9 Å². The predicted octanol–water partition coefficient (Wildman–Crippen LogP) is 2.87. The molecule has 2 aromatic heterocycles. The van der Waals surface area contributed by atoms with Crippen LogP contribution in [0.4, 0.5) is 0 Å². The fourth-order valence-corrected chi connectivity index (χ4v) is 3.13. The van der Waals surface area contributed by atoms with Crippen LogP contribution < -0.4 is 10.2 Å². The molecule has 1 aliphatic rings. The van der Waals surface area contributed by atoms with Crippen molar-refractivity contribution in [3.8, 4) is 5.88 Å². The molecule has 0 bridgehead atoms. The third-order valence-electron chi connectivity index (χ3n) is 4.50. The molecule has 4 rings (SSSR count). The van der Waals surface area contributed by atoms with Crippen molar-refractivity contribution in [3.05, 3.63) is 70.7 Å². The number of carbonyl (C=O) groups excluding carboxylic acids is 1. The van der Waals surface area contributed by atoms with Crippen LogP contribution in [0.3, 0.4) is 0 Å². The Bertz CT molecular complexity index is 976. The summed E-state index contributed by atoms with van der Waals surface area (Å²) in [7, 11) is 0. The Labute approximate surface area is 150 Å². The summed E-state index contributed by atoms with van der Waals surface area (Å²) in [5.41, 5.74) is 0.222. The highest BCUT2D eigenvalue weighted by Gasteiger charge is 2.26. The van der Waals surface area contributed by atoms with E-state index in [1.807, 2.05) is 18.2 Å². The number of aromatic nitrogens is 1. The van der Waals surface area contributed by atoms with Gasteiger partial charge in [0.15, 0.2) is 11.2 Å². The second kappa shape index (κ2) is 7.00. The molecule has 1 amide bonds. The number of hydrogen-bond acceptors (Lipinski definition) is 5. The second-order valence-electron chi connectivity index (χ2n) is 6.25. The first-order chi connectivity index (χ1) is 12.7. The number of benzene rings is 1. The fourth-order valence-electron chi connectivity index (χ4n) is 3.13. The third kappa shape index (κ3) is 3.31. The average molecular weight is 350 g/mol. The van der Waals surface area contributed by atoms with E-state index in [4.69, 9.17) is 9.15 Å². The SMILES string of the molecule is O=C(c1cc(=O)c2ccccc2o1)N1CCC(Oc2ccccn2)CC1. The van der Waals surface area contributed by atoms with Crippen LogP contribution in [0.15, 0.2) is 63.9 Å². The summed E-state index contributed by atoms with van der Waals surface area (Å²) in [5.74, 6) is 0.416. The Kier molecular flexibility index (Phi) is 4.39. The normalized spacial score (nSPS) is 15.2. The fraction of sp³-hybridized carbons (Fsp3) is 0.250. The van der Waals surface area contributed by atoms with Gasteiger partial charge in [0.25, 0.3) is 5.91 Å². The smallest absolute Gasteiger partial charge is 0.289 e. The van der Waals surface area contributed by atoms with E-state index in [1.165, 1.54) is 6.07 Å². The molecule has 3 heterocycles. The Morgan fingerprint density at radius 3 is 2.65 bits per heavy atom. The van der Waals surface area contributed by atoms with Gasteiger partial charge in [-0.2, -0.15) is 0 Å². The minimum atomic E-state index is -0.260. The van der Waals surface area contributed by atoms with Crippen LogP contribution in [0.1, 0.15) is 23.4 Å². The average Bonchev–Trinajstić information content (AvgIpc) is 2.69. The van der Waals surface area contributed by atoms with E-state index in [0.717, 1.165) is 0 Å². The number of rotatable bonds is 3. The highest BCUT2D eigenvalue weighted by atomic mass is 16.5. The number of nitrogens with zero attached hydrogens (tertiary/aromatic N) is 2. The summed E-state index contributed by atoms with van der Waals surface area (Å²) < 4.78 is 11.5. The van der Waals surface area contributed by atoms with Gasteiger partial charge >= 0.3 is 0 Å². The molecule has 0 spiro atoms. The van der Waals surface area contributed by atoms with Gasteiger partial charge in [0.2, 0.25) is 5.88 Å². The van der Waals surface area contributed by atoms with Crippen molar-refractivity contribution >= 4 is 16.9 Å². The molecule has 1 fully saturated rings. The minimum absolute atomic E-state index is 0.0255. The highest BCUT2D eigenvalue weighted by molar-refractivity contribution is 5.93. The summed E-state index contributed by atoms with van der Waals surface area (Å²) in [5, 5.41) is 0.478. The van der Waals surface area contributed by atoms with Gasteiger partial charge in [-0.25, -0.2) is 4.98 Å². The Morgan fingerprint density at radius 1 is 1.12 bits per heavy atom. The third-order valence-corrected chi connectivity index (χ3v) is 4.50. The maximum Gasteiger partial charge on any atom is 0.289 e. The summed E-state index contributed by atoms with van der Waals surface area (Å²) in [4.78, 5) is 30.7. The lowest BCUT2D eigenvalue weighted by Gasteiger charge is -2.31. The first-order valence-electron chi connectivity index (χ1n) is 8.60. The molecule has 0 atom stereocenters. The van der Waals surface area contributed by atoms with Gasteiger partial charge in [0.05, 0.1) is 5.39 Å². The molecule has 1 saturated heterocycles. The van der Waals surface area contributed by atoms with Gasteiger partial charge in [-0.15, -0.1) is 0 Å². The largest absolute Gasteiger partial charge is 0.474 e. The summed E-state index contributed by atoms with van der Waals surface area (Å²) in [6, 6.07) is 13.8. The van der Waals surface area contributed by atoms with Crippen molar-refractivity contribution in [2.75, 3.05) is 13.1 Å². The van der Waals surface area contributed by atoms with E-state index >= 15 is 0 Å². The minimum Gasteiger partial charge on any atom is -0.474 e. The number of likely N-dealkylation sites (tertiary alicyclic amines) is 1. The van der Waals surface area contributed by atoms with Gasteiger partial charge in [0.1, 0.15) is 11.7 Å². The van der Waals surface area contributed by atoms with Gasteiger partial charge < -0.3 is 14.1 Å². The number of amides is 1. The van der Waals surface area contributed by atoms with Crippen molar-refractivity contribution < 1.29 is 13.9 Å². The van der Waals surface area contributed by atoms with E-state index in [9.17, 15) is 9.59 Å². The first kappa shape index (κ1) is 16.3. The molecule has 1 aromatic carbocycles. The topological polar surface area (TPSA) is 72.6 Å². The van der Waals surface area contributed by atoms with Gasteiger partial charge in [0, 0.05) is 44.3 Å². The van der Waals surface area contributed by atoms with Crippen LogP contribution in [-0.2, 0) is 0 Å². The zero-order valence-electron chi connectivity index (χ0n) is 14.1. The number of hydrogen-bond donors (Lipinski definition) is 0. The maximum absolute atomic E-state index is 12.7. The number of piperidine rings is 1. The Balaban J connectivity index is 1.44. The van der Waals surface area contributed by atoms with Gasteiger partial charge in [-0.1, -0.05) is 18.2 Å². The number of ether oxygens (including phenoxy) is 1. The van der Waals surface area contributed by atoms with Gasteiger partial charge in [-0.05, 0) is 18.2 Å². The van der Waals surface area contributed by atoms with Gasteiger partial charge in [-0.3, -0.25) is 9.59 Å². The molecule has 0 unspecified atom stereocenters. The van der Waals surface area contributed by atoms with Crippen molar-refractivity contribution in [2.24, 2.45) is 0 Å². The molecule has 26 heavy (non-hydrogen) atoms. The summed E-state index contributed by atoms with van der Waals surface area (Å²) in [6.45, 7) is 1.10. The zero-order chi connectivity index (χ0) is 17.9. The first-order valence-corrected chi connectivity index (χ1v) is 8.60. The van der Waals surface area contributed by atoms with E-state index in [0.29, 0.717) is 42.8 Å². The molecule has 0 saturated carbocycles. The molecule has 6 nitrogen and oxygen atoms in total. The molecular formula is C20H18N2O4. The summed E-state index contributed by atoms with van der Waals surface area (Å²) >= 11 is 0. The predicted molar refractivity (Wildman–Crippen MR) is 96.3 cm³/mol. The molecule has 1 aliphatic heterocycles. The maximum atomic E-state index is 12.7. The molecular weight excluding hydrogens is 332 g/mol. The van der Waals surface area contributed by atoms with Crippen LogP contribution in [0.5, 0.6) is 5.88 Å². The van der Waals surface area contributed by atoms with E-state index in [1.54, 1.807) is 35.4 Å². The number of pyridine rings is 1. The van der Waals surface area contributed by atoms with E-state index in [-0.39, 0.29) is 23.2 Å². The lowest BCUT2D eigenvalue weighted by atomic mass is 10.1. The van der Waals surface area contributed by atoms with Crippen molar-refractivity contribution in [3.63, 3.8) is 0 Å². The van der Waals surface area contributed by atoms with Crippen LogP contribution >= 0.6 is 0 Å². The lowest BCUT2D eigenvalue weighted by molar-refractivity contribution is 0.0560. The molecule has 3 aromatic rings. The molecule has 6 heteroatoms. The Morgan fingerprint density at radius 2 is 1.88 bits per heavy atom. The van der Waals surface area contributed by atoms with Crippen LogP contribution in [0, 0.1) is 0 Å². The standard InChI is InChI=1S/C20H18N2O4/c23-16-13-18(26-17-6-2-1-5-15(16)17)20(24)22-11-8-14(9-12-22)25-19-7-3-4-10-21-19/h1-7,10,13-14H,8-9,11-12H2. The number of para-hydroxylation sites is 1. The lowest BCUT2D eigenvalue weighted by Crippen LogP contribution is -2.42. The monoisotopic (exact) mass is 350 g/mol. The van der Waals surface area contributed by atoms with E-state index in [2.05, 4.69) is 4.98 Å². The molecule has 0 aliphatic carbocycles. The van der Waals surface area contributed by atoms with E-state index < -0.39 is 0 Å². The summed E-state index contributed by atoms with van der Waals surface area (Å²) in [6.07, 6.45) is 3.13. The van der Waals surface area contributed by atoms with Crippen LogP contribution in [0.25, 0.3) is 11.0 Å². The zero-order valence-corrected chi connectivity index (χ0v) is 14.1. The number of carbonyl (C=O) groups is 1. The quantitative estimate of drug-likeness (QED) is 0.726. The molecule has 132 valence electrons.